The molecule has 0 saturated heterocycles. The summed E-state index contributed by atoms with van der Waals surface area (Å²) in [6.07, 6.45) is 0.251. The monoisotopic (exact) mass is 398 g/mol. The van der Waals surface area contributed by atoms with Gasteiger partial charge in [0.25, 0.3) is 0 Å². The lowest BCUT2D eigenvalue weighted by atomic mass is 10.1. The Balaban J connectivity index is 1.42. The second-order valence-electron chi connectivity index (χ2n) is 6.94. The van der Waals surface area contributed by atoms with Crippen LogP contribution in [0.15, 0.2) is 91.0 Å². The molecule has 0 bridgehead atoms. The first-order chi connectivity index (χ1) is 14.7. The van der Waals surface area contributed by atoms with Crippen LogP contribution in [-0.2, 0) is 22.6 Å². The molecule has 0 fully saturated rings. The van der Waals surface area contributed by atoms with Crippen LogP contribution in [-0.4, -0.2) is 13.1 Å². The quantitative estimate of drug-likeness (QED) is 0.362. The fraction of sp³-hybridized carbons (Fsp3) is 0.115. The van der Waals surface area contributed by atoms with Crippen molar-refractivity contribution < 1.29 is 19.0 Å². The maximum absolute atomic E-state index is 11.4. The van der Waals surface area contributed by atoms with Gasteiger partial charge in [0.05, 0.1) is 13.5 Å². The Morgan fingerprint density at radius 2 is 1.33 bits per heavy atom. The molecule has 4 aromatic carbocycles. The van der Waals surface area contributed by atoms with Crippen molar-refractivity contribution in [1.82, 2.24) is 0 Å². The molecule has 0 aliphatic rings. The number of ether oxygens (including phenoxy) is 3. The summed E-state index contributed by atoms with van der Waals surface area (Å²) in [4.78, 5) is 11.4. The van der Waals surface area contributed by atoms with E-state index in [1.54, 1.807) is 0 Å². The van der Waals surface area contributed by atoms with Crippen molar-refractivity contribution in [3.05, 3.63) is 102 Å². The molecule has 0 atom stereocenters. The molecule has 0 heterocycles. The van der Waals surface area contributed by atoms with Crippen LogP contribution >= 0.6 is 0 Å². The third-order valence-electron chi connectivity index (χ3n) is 4.77. The lowest BCUT2D eigenvalue weighted by Crippen LogP contribution is -2.04. The molecule has 0 aromatic heterocycles. The van der Waals surface area contributed by atoms with Gasteiger partial charge in [0, 0.05) is 0 Å². The van der Waals surface area contributed by atoms with Gasteiger partial charge < -0.3 is 14.2 Å². The average Bonchev–Trinajstić information content (AvgIpc) is 2.79. The van der Waals surface area contributed by atoms with Crippen LogP contribution in [0.4, 0.5) is 0 Å². The van der Waals surface area contributed by atoms with E-state index in [1.807, 2.05) is 91.0 Å². The minimum absolute atomic E-state index is 0.251. The van der Waals surface area contributed by atoms with Crippen LogP contribution in [0.3, 0.4) is 0 Å². The predicted octanol–water partition coefficient (Wildman–Crippen LogP) is 5.93. The number of fused-ring (bicyclic) bond motifs is 1. The third-order valence-corrected chi connectivity index (χ3v) is 4.77. The van der Waals surface area contributed by atoms with Crippen molar-refractivity contribution in [3.63, 3.8) is 0 Å². The highest BCUT2D eigenvalue weighted by atomic mass is 16.5. The summed E-state index contributed by atoms with van der Waals surface area (Å²) in [5.41, 5.74) is 2.02. The molecule has 4 aromatic rings. The zero-order valence-electron chi connectivity index (χ0n) is 16.7. The van der Waals surface area contributed by atoms with Gasteiger partial charge in [-0.2, -0.15) is 0 Å². The minimum Gasteiger partial charge on any atom is -0.489 e. The smallest absolute Gasteiger partial charge is 0.309 e. The van der Waals surface area contributed by atoms with Crippen LogP contribution < -0.4 is 9.47 Å². The molecule has 0 N–H and O–H groups in total. The molecule has 0 aliphatic carbocycles. The molecule has 0 spiro atoms. The van der Waals surface area contributed by atoms with Gasteiger partial charge in [0.1, 0.15) is 23.9 Å². The number of rotatable bonds is 7. The first-order valence-electron chi connectivity index (χ1n) is 9.74. The van der Waals surface area contributed by atoms with Gasteiger partial charge in [-0.25, -0.2) is 0 Å². The zero-order chi connectivity index (χ0) is 20.8. The van der Waals surface area contributed by atoms with Crippen molar-refractivity contribution in [2.75, 3.05) is 7.11 Å². The molecule has 4 nitrogen and oxygen atoms in total. The maximum Gasteiger partial charge on any atom is 0.309 e. The Morgan fingerprint density at radius 1 is 0.700 bits per heavy atom. The van der Waals surface area contributed by atoms with E-state index in [0.717, 1.165) is 33.4 Å². The fourth-order valence-electron chi connectivity index (χ4n) is 3.15. The lowest BCUT2D eigenvalue weighted by molar-refractivity contribution is -0.139. The van der Waals surface area contributed by atoms with E-state index in [2.05, 4.69) is 4.74 Å². The number of benzene rings is 4. The largest absolute Gasteiger partial charge is 0.489 e. The standard InChI is InChI=1S/C26H22O4/c1-28-26(27)15-19-7-11-23(12-8-19)30-25-14-10-21-16-24(13-9-22(21)17-25)29-18-20-5-3-2-4-6-20/h2-14,16-17H,15,18H2,1H3. The SMILES string of the molecule is COC(=O)Cc1ccc(Oc2ccc3cc(OCc4ccccc4)ccc3c2)cc1. The highest BCUT2D eigenvalue weighted by Gasteiger charge is 2.05. The molecule has 150 valence electrons. The number of carbonyl (C=O) groups is 1. The van der Waals surface area contributed by atoms with E-state index in [0.29, 0.717) is 12.4 Å². The molecule has 30 heavy (non-hydrogen) atoms. The summed E-state index contributed by atoms with van der Waals surface area (Å²) in [6, 6.07) is 29.5. The van der Waals surface area contributed by atoms with Crippen LogP contribution in [0.25, 0.3) is 10.8 Å². The Morgan fingerprint density at radius 3 is 2.03 bits per heavy atom. The van der Waals surface area contributed by atoms with E-state index >= 15 is 0 Å². The summed E-state index contributed by atoms with van der Waals surface area (Å²) in [7, 11) is 1.39. The first kappa shape index (κ1) is 19.5. The second kappa shape index (κ2) is 9.14. The Labute approximate surface area is 175 Å². The van der Waals surface area contributed by atoms with E-state index in [4.69, 9.17) is 9.47 Å². The molecule has 4 rings (SSSR count). The molecular formula is C26H22O4. The first-order valence-corrected chi connectivity index (χ1v) is 9.74. The highest BCUT2D eigenvalue weighted by Crippen LogP contribution is 2.28. The van der Waals surface area contributed by atoms with Crippen LogP contribution in [0, 0.1) is 0 Å². The van der Waals surface area contributed by atoms with Gasteiger partial charge in [0.15, 0.2) is 0 Å². The van der Waals surface area contributed by atoms with Crippen LogP contribution in [0.5, 0.6) is 17.2 Å². The second-order valence-corrected chi connectivity index (χ2v) is 6.94. The number of hydrogen-bond donors (Lipinski definition) is 0. The predicted molar refractivity (Wildman–Crippen MR) is 117 cm³/mol. The number of methoxy groups -OCH3 is 1. The minimum atomic E-state index is -0.259. The van der Waals surface area contributed by atoms with Gasteiger partial charge in [-0.1, -0.05) is 54.6 Å². The van der Waals surface area contributed by atoms with Crippen molar-refractivity contribution >= 4 is 16.7 Å². The molecule has 0 amide bonds. The summed E-state index contributed by atoms with van der Waals surface area (Å²) in [5.74, 6) is 2.04. The van der Waals surface area contributed by atoms with Gasteiger partial charge in [-0.15, -0.1) is 0 Å². The third kappa shape index (κ3) is 4.97. The Hall–Kier alpha value is -3.79. The number of hydrogen-bond acceptors (Lipinski definition) is 4. The Kier molecular flexibility index (Phi) is 5.95. The van der Waals surface area contributed by atoms with Crippen molar-refractivity contribution in [1.29, 1.82) is 0 Å². The molecule has 4 heteroatoms. The molecule has 0 aliphatic heterocycles. The number of carbonyl (C=O) groups excluding carboxylic acids is 1. The highest BCUT2D eigenvalue weighted by molar-refractivity contribution is 5.85. The van der Waals surface area contributed by atoms with Crippen molar-refractivity contribution in [3.8, 4) is 17.2 Å². The fourth-order valence-corrected chi connectivity index (χ4v) is 3.15. The van der Waals surface area contributed by atoms with Crippen LogP contribution in [0.1, 0.15) is 11.1 Å². The summed E-state index contributed by atoms with van der Waals surface area (Å²) in [5, 5.41) is 2.16. The topological polar surface area (TPSA) is 44.8 Å². The van der Waals surface area contributed by atoms with E-state index in [-0.39, 0.29) is 12.4 Å². The van der Waals surface area contributed by atoms with Gasteiger partial charge in [0.2, 0.25) is 0 Å². The molecular weight excluding hydrogens is 376 g/mol. The molecule has 0 saturated carbocycles. The van der Waals surface area contributed by atoms with Gasteiger partial charge in [-0.05, 0) is 58.3 Å². The van der Waals surface area contributed by atoms with E-state index < -0.39 is 0 Å². The normalized spacial score (nSPS) is 10.6. The van der Waals surface area contributed by atoms with E-state index in [9.17, 15) is 4.79 Å². The summed E-state index contributed by atoms with van der Waals surface area (Å²) in [6.45, 7) is 0.541. The summed E-state index contributed by atoms with van der Waals surface area (Å²) >= 11 is 0. The van der Waals surface area contributed by atoms with Crippen LogP contribution in [0.2, 0.25) is 0 Å². The molecule has 0 radical (unpaired) electrons. The Bertz CT molecular complexity index is 1130. The number of esters is 1. The van der Waals surface area contributed by atoms with Crippen molar-refractivity contribution in [2.24, 2.45) is 0 Å². The zero-order valence-corrected chi connectivity index (χ0v) is 16.7. The van der Waals surface area contributed by atoms with Crippen molar-refractivity contribution in [2.45, 2.75) is 13.0 Å². The summed E-state index contributed by atoms with van der Waals surface area (Å²) < 4.78 is 16.6. The average molecular weight is 398 g/mol. The van der Waals surface area contributed by atoms with Gasteiger partial charge in [-0.3, -0.25) is 4.79 Å². The van der Waals surface area contributed by atoms with E-state index in [1.165, 1.54) is 7.11 Å². The van der Waals surface area contributed by atoms with Gasteiger partial charge >= 0.3 is 5.97 Å². The maximum atomic E-state index is 11.4. The molecule has 0 unspecified atom stereocenters. The lowest BCUT2D eigenvalue weighted by Gasteiger charge is -2.10.